The molecular formula is C11H19F3N2O. The Hall–Kier alpha value is -0.780. The minimum atomic E-state index is -4.42. The maximum atomic E-state index is 11.9. The lowest BCUT2D eigenvalue weighted by Crippen LogP contribution is -2.48. The fraction of sp³-hybridized carbons (Fsp3) is 0.909. The van der Waals surface area contributed by atoms with Crippen LogP contribution in [0.2, 0.25) is 0 Å². The van der Waals surface area contributed by atoms with E-state index >= 15 is 0 Å². The van der Waals surface area contributed by atoms with Crippen LogP contribution in [-0.2, 0) is 4.79 Å². The number of rotatable bonds is 4. The molecule has 1 rings (SSSR count). The molecule has 0 aromatic rings. The van der Waals surface area contributed by atoms with Gasteiger partial charge in [0, 0.05) is 12.6 Å². The summed E-state index contributed by atoms with van der Waals surface area (Å²) >= 11 is 0. The summed E-state index contributed by atoms with van der Waals surface area (Å²) in [5, 5.41) is 5.59. The van der Waals surface area contributed by atoms with Crippen LogP contribution in [-0.4, -0.2) is 31.2 Å². The van der Waals surface area contributed by atoms with Gasteiger partial charge in [0.25, 0.3) is 0 Å². The first-order valence-electron chi connectivity index (χ1n) is 5.99. The van der Waals surface area contributed by atoms with Gasteiger partial charge in [0.15, 0.2) is 0 Å². The molecule has 0 bridgehead atoms. The lowest BCUT2D eigenvalue weighted by Gasteiger charge is -2.32. The molecule has 0 aromatic heterocycles. The molecule has 6 heteroatoms. The zero-order valence-corrected chi connectivity index (χ0v) is 9.94. The highest BCUT2D eigenvalue weighted by Crippen LogP contribution is 2.20. The van der Waals surface area contributed by atoms with Crippen molar-refractivity contribution in [2.24, 2.45) is 5.92 Å². The van der Waals surface area contributed by atoms with Crippen molar-refractivity contribution in [1.29, 1.82) is 0 Å². The molecule has 2 N–H and O–H groups in total. The number of carbonyl (C=O) groups is 1. The van der Waals surface area contributed by atoms with Gasteiger partial charge in [-0.2, -0.15) is 13.2 Å². The first kappa shape index (κ1) is 14.3. The highest BCUT2D eigenvalue weighted by atomic mass is 19.4. The topological polar surface area (TPSA) is 41.1 Å². The van der Waals surface area contributed by atoms with Crippen molar-refractivity contribution in [2.75, 3.05) is 13.1 Å². The lowest BCUT2D eigenvalue weighted by atomic mass is 9.88. The Morgan fingerprint density at radius 2 is 2.18 bits per heavy atom. The predicted molar refractivity (Wildman–Crippen MR) is 58.5 cm³/mol. The van der Waals surface area contributed by atoms with Crippen molar-refractivity contribution >= 4 is 5.91 Å². The fourth-order valence-electron chi connectivity index (χ4n) is 2.22. The van der Waals surface area contributed by atoms with E-state index in [4.69, 9.17) is 0 Å². The van der Waals surface area contributed by atoms with E-state index in [1.165, 1.54) is 0 Å². The Labute approximate surface area is 99.1 Å². The molecule has 0 aliphatic carbocycles. The van der Waals surface area contributed by atoms with Crippen LogP contribution in [0.1, 0.15) is 32.6 Å². The van der Waals surface area contributed by atoms with E-state index in [2.05, 4.69) is 17.6 Å². The van der Waals surface area contributed by atoms with E-state index in [1.54, 1.807) is 0 Å². The average Bonchev–Trinajstić information content (AvgIpc) is 2.24. The Morgan fingerprint density at radius 1 is 1.47 bits per heavy atom. The van der Waals surface area contributed by atoms with Gasteiger partial charge in [0.2, 0.25) is 5.91 Å². The Bertz CT molecular complexity index is 256. The van der Waals surface area contributed by atoms with Gasteiger partial charge in [0.05, 0.1) is 0 Å². The molecule has 1 heterocycles. The Morgan fingerprint density at radius 3 is 2.76 bits per heavy atom. The quantitative estimate of drug-likeness (QED) is 0.801. The summed E-state index contributed by atoms with van der Waals surface area (Å²) in [5.74, 6) is -0.505. The van der Waals surface area contributed by atoms with Gasteiger partial charge >= 0.3 is 6.18 Å². The summed E-state index contributed by atoms with van der Waals surface area (Å²) in [6.07, 6.45) is -2.67. The highest BCUT2D eigenvalue weighted by molar-refractivity contribution is 5.76. The Balaban J connectivity index is 2.31. The van der Waals surface area contributed by atoms with E-state index in [9.17, 15) is 18.0 Å². The number of halogens is 3. The number of hydrogen-bond acceptors (Lipinski definition) is 2. The summed E-state index contributed by atoms with van der Waals surface area (Å²) < 4.78 is 35.8. The molecule has 0 radical (unpaired) electrons. The molecule has 3 nitrogen and oxygen atoms in total. The highest BCUT2D eigenvalue weighted by Gasteiger charge is 2.31. The third-order valence-electron chi connectivity index (χ3n) is 3.13. The normalized spacial score (nSPS) is 25.6. The van der Waals surface area contributed by atoms with E-state index in [0.717, 1.165) is 25.8 Å². The molecule has 1 fully saturated rings. The van der Waals surface area contributed by atoms with Gasteiger partial charge in [0.1, 0.15) is 6.42 Å². The standard InChI is InChI=1S/C11H19F3N2O/c1-2-8-4-3-5-15-9(8)7-16-10(17)6-11(12,13)14/h8-9,15H,2-7H2,1H3,(H,16,17). The number of carbonyl (C=O) groups excluding carboxylic acids is 1. The molecule has 100 valence electrons. The molecule has 1 amide bonds. The molecule has 17 heavy (non-hydrogen) atoms. The Kier molecular flexibility index (Phi) is 5.24. The smallest absolute Gasteiger partial charge is 0.354 e. The summed E-state index contributed by atoms with van der Waals surface area (Å²) in [7, 11) is 0. The minimum Gasteiger partial charge on any atom is -0.354 e. The van der Waals surface area contributed by atoms with Crippen molar-refractivity contribution in [2.45, 2.75) is 44.8 Å². The minimum absolute atomic E-state index is 0.103. The van der Waals surface area contributed by atoms with E-state index in [1.807, 2.05) is 0 Å². The fourth-order valence-corrected chi connectivity index (χ4v) is 2.22. The first-order chi connectivity index (χ1) is 7.92. The third kappa shape index (κ3) is 5.39. The number of nitrogens with one attached hydrogen (secondary N) is 2. The predicted octanol–water partition coefficient (Wildman–Crippen LogP) is 1.83. The van der Waals surface area contributed by atoms with Crippen LogP contribution in [0.5, 0.6) is 0 Å². The van der Waals surface area contributed by atoms with E-state index in [-0.39, 0.29) is 12.6 Å². The molecule has 2 unspecified atom stereocenters. The lowest BCUT2D eigenvalue weighted by molar-refractivity contribution is -0.153. The summed E-state index contributed by atoms with van der Waals surface area (Å²) in [5.41, 5.74) is 0. The van der Waals surface area contributed by atoms with Crippen molar-refractivity contribution in [3.05, 3.63) is 0 Å². The van der Waals surface area contributed by atoms with Crippen LogP contribution in [0.3, 0.4) is 0 Å². The summed E-state index contributed by atoms with van der Waals surface area (Å²) in [6, 6.07) is 0.103. The molecule has 1 aliphatic heterocycles. The molecule has 0 spiro atoms. The first-order valence-corrected chi connectivity index (χ1v) is 5.99. The van der Waals surface area contributed by atoms with Crippen molar-refractivity contribution in [1.82, 2.24) is 10.6 Å². The second kappa shape index (κ2) is 6.23. The monoisotopic (exact) mass is 252 g/mol. The number of piperidine rings is 1. The van der Waals surface area contributed by atoms with Crippen LogP contribution in [0.4, 0.5) is 13.2 Å². The van der Waals surface area contributed by atoms with Crippen LogP contribution in [0.25, 0.3) is 0 Å². The van der Waals surface area contributed by atoms with Gasteiger partial charge in [-0.3, -0.25) is 4.79 Å². The SMILES string of the molecule is CCC1CCCNC1CNC(=O)CC(F)(F)F. The zero-order chi connectivity index (χ0) is 12.9. The summed E-state index contributed by atoms with van der Waals surface area (Å²) in [4.78, 5) is 11.0. The molecule has 0 saturated carbocycles. The van der Waals surface area contributed by atoms with Crippen LogP contribution in [0, 0.1) is 5.92 Å². The van der Waals surface area contributed by atoms with Gasteiger partial charge in [-0.1, -0.05) is 13.3 Å². The summed E-state index contributed by atoms with van der Waals surface area (Å²) in [6.45, 7) is 3.21. The second-order valence-corrected chi connectivity index (χ2v) is 4.47. The molecule has 0 aromatic carbocycles. The van der Waals surface area contributed by atoms with Crippen molar-refractivity contribution in [3.8, 4) is 0 Å². The maximum absolute atomic E-state index is 11.9. The van der Waals surface area contributed by atoms with Gasteiger partial charge in [-0.15, -0.1) is 0 Å². The third-order valence-corrected chi connectivity index (χ3v) is 3.13. The maximum Gasteiger partial charge on any atom is 0.397 e. The van der Waals surface area contributed by atoms with Gasteiger partial charge in [-0.05, 0) is 25.3 Å². The molecule has 2 atom stereocenters. The van der Waals surface area contributed by atoms with Crippen molar-refractivity contribution < 1.29 is 18.0 Å². The van der Waals surface area contributed by atoms with Crippen molar-refractivity contribution in [3.63, 3.8) is 0 Å². The van der Waals surface area contributed by atoms with E-state index in [0.29, 0.717) is 5.92 Å². The number of alkyl halides is 3. The van der Waals surface area contributed by atoms with Crippen LogP contribution in [0.15, 0.2) is 0 Å². The van der Waals surface area contributed by atoms with Gasteiger partial charge in [-0.25, -0.2) is 0 Å². The van der Waals surface area contributed by atoms with Crippen LogP contribution < -0.4 is 10.6 Å². The molecular weight excluding hydrogens is 233 g/mol. The average molecular weight is 252 g/mol. The number of hydrogen-bond donors (Lipinski definition) is 2. The van der Waals surface area contributed by atoms with Gasteiger partial charge < -0.3 is 10.6 Å². The molecule has 1 saturated heterocycles. The largest absolute Gasteiger partial charge is 0.397 e. The molecule has 1 aliphatic rings. The van der Waals surface area contributed by atoms with E-state index < -0.39 is 18.5 Å². The van der Waals surface area contributed by atoms with Crippen LogP contribution >= 0.6 is 0 Å². The second-order valence-electron chi connectivity index (χ2n) is 4.47. The number of amides is 1. The zero-order valence-electron chi connectivity index (χ0n) is 9.94.